The first-order chi connectivity index (χ1) is 6.08. The maximum absolute atomic E-state index is 12.0. The smallest absolute Gasteiger partial charge is 0.139 e. The van der Waals surface area contributed by atoms with Crippen LogP contribution in [0.25, 0.3) is 0 Å². The minimum atomic E-state index is 0.0885. The summed E-state index contributed by atoms with van der Waals surface area (Å²) < 4.78 is 0. The van der Waals surface area contributed by atoms with Gasteiger partial charge in [0, 0.05) is 11.8 Å². The van der Waals surface area contributed by atoms with Crippen LogP contribution in [0.1, 0.15) is 58.8 Å². The monoisotopic (exact) mass is 180 g/mol. The fraction of sp³-hybridized carbons (Fsp3) is 0.917. The Morgan fingerprint density at radius 3 is 2.23 bits per heavy atom. The Bertz CT molecular complexity index is 229. The van der Waals surface area contributed by atoms with Crippen LogP contribution in [0.5, 0.6) is 0 Å². The van der Waals surface area contributed by atoms with E-state index in [0.717, 1.165) is 12.8 Å². The predicted molar refractivity (Wildman–Crippen MR) is 53.5 cm³/mol. The van der Waals surface area contributed by atoms with Crippen molar-refractivity contribution in [3.63, 3.8) is 0 Å². The van der Waals surface area contributed by atoms with E-state index in [1.165, 1.54) is 32.1 Å². The van der Waals surface area contributed by atoms with E-state index in [2.05, 4.69) is 13.8 Å². The summed E-state index contributed by atoms with van der Waals surface area (Å²) in [5, 5.41) is 0. The summed E-state index contributed by atoms with van der Waals surface area (Å²) in [7, 11) is 0. The summed E-state index contributed by atoms with van der Waals surface area (Å²) in [6, 6.07) is 0. The van der Waals surface area contributed by atoms with Gasteiger partial charge in [0.2, 0.25) is 0 Å². The molecule has 1 heteroatoms. The molecule has 2 fully saturated rings. The molecule has 2 rings (SSSR count). The molecule has 1 unspecified atom stereocenters. The summed E-state index contributed by atoms with van der Waals surface area (Å²) in [6.45, 7) is 4.59. The molecule has 0 heterocycles. The van der Waals surface area contributed by atoms with Gasteiger partial charge in [-0.3, -0.25) is 4.79 Å². The van der Waals surface area contributed by atoms with Crippen LogP contribution in [0.2, 0.25) is 0 Å². The van der Waals surface area contributed by atoms with Crippen molar-refractivity contribution < 1.29 is 4.79 Å². The first-order valence-electron chi connectivity index (χ1n) is 5.62. The summed E-state index contributed by atoms with van der Waals surface area (Å²) in [5.74, 6) is 0.571. The molecule has 0 aromatic heterocycles. The van der Waals surface area contributed by atoms with E-state index in [1.807, 2.05) is 0 Å². The molecular formula is C12H20O. The van der Waals surface area contributed by atoms with Gasteiger partial charge in [-0.25, -0.2) is 0 Å². The van der Waals surface area contributed by atoms with E-state index in [4.69, 9.17) is 0 Å². The fourth-order valence-corrected chi connectivity index (χ4v) is 3.48. The fourth-order valence-electron chi connectivity index (χ4n) is 3.48. The standard InChI is InChI=1S/C12H20O/c1-11(2)7-5-9-12(11)8-4-3-6-10(12)13/h3-9H2,1-2H3. The van der Waals surface area contributed by atoms with Gasteiger partial charge in [-0.15, -0.1) is 0 Å². The molecule has 1 atom stereocenters. The second kappa shape index (κ2) is 2.83. The predicted octanol–water partition coefficient (Wildman–Crippen LogP) is 3.33. The van der Waals surface area contributed by atoms with Gasteiger partial charge in [0.05, 0.1) is 0 Å². The third-order valence-electron chi connectivity index (χ3n) is 4.49. The van der Waals surface area contributed by atoms with Crippen molar-refractivity contribution in [1.29, 1.82) is 0 Å². The van der Waals surface area contributed by atoms with Crippen molar-refractivity contribution in [1.82, 2.24) is 0 Å². The third kappa shape index (κ3) is 1.16. The van der Waals surface area contributed by atoms with E-state index in [0.29, 0.717) is 5.78 Å². The molecule has 74 valence electrons. The van der Waals surface area contributed by atoms with Crippen molar-refractivity contribution in [3.8, 4) is 0 Å². The third-order valence-corrected chi connectivity index (χ3v) is 4.49. The molecular weight excluding hydrogens is 160 g/mol. The molecule has 0 radical (unpaired) electrons. The summed E-state index contributed by atoms with van der Waals surface area (Å²) >= 11 is 0. The van der Waals surface area contributed by atoms with E-state index in [9.17, 15) is 4.79 Å². The highest BCUT2D eigenvalue weighted by Gasteiger charge is 2.53. The average molecular weight is 180 g/mol. The van der Waals surface area contributed by atoms with Crippen LogP contribution in [0.3, 0.4) is 0 Å². The lowest BCUT2D eigenvalue weighted by atomic mass is 9.60. The van der Waals surface area contributed by atoms with E-state index in [-0.39, 0.29) is 10.8 Å². The Kier molecular flexibility index (Phi) is 2.01. The first kappa shape index (κ1) is 9.23. The minimum absolute atomic E-state index is 0.0885. The van der Waals surface area contributed by atoms with Crippen LogP contribution in [0.15, 0.2) is 0 Å². The molecule has 13 heavy (non-hydrogen) atoms. The molecule has 1 nitrogen and oxygen atoms in total. The molecule has 0 aromatic rings. The molecule has 2 aliphatic carbocycles. The summed E-state index contributed by atoms with van der Waals surface area (Å²) in [4.78, 5) is 12.0. The molecule has 0 bridgehead atoms. The highest BCUT2D eigenvalue weighted by Crippen LogP contribution is 2.57. The lowest BCUT2D eigenvalue weighted by Gasteiger charge is -2.43. The number of rotatable bonds is 0. The maximum Gasteiger partial charge on any atom is 0.139 e. The van der Waals surface area contributed by atoms with E-state index < -0.39 is 0 Å². The van der Waals surface area contributed by atoms with E-state index >= 15 is 0 Å². The molecule has 0 N–H and O–H groups in total. The van der Waals surface area contributed by atoms with Crippen molar-refractivity contribution >= 4 is 5.78 Å². The largest absolute Gasteiger partial charge is 0.299 e. The Morgan fingerprint density at radius 1 is 1.00 bits per heavy atom. The van der Waals surface area contributed by atoms with Crippen molar-refractivity contribution in [2.75, 3.05) is 0 Å². The first-order valence-corrected chi connectivity index (χ1v) is 5.62. The van der Waals surface area contributed by atoms with Crippen LogP contribution in [0, 0.1) is 10.8 Å². The van der Waals surface area contributed by atoms with Gasteiger partial charge in [-0.1, -0.05) is 26.7 Å². The van der Waals surface area contributed by atoms with Crippen LogP contribution in [-0.2, 0) is 4.79 Å². The van der Waals surface area contributed by atoms with Crippen LogP contribution in [-0.4, -0.2) is 5.78 Å². The Hall–Kier alpha value is -0.330. The molecule has 2 saturated carbocycles. The lowest BCUT2D eigenvalue weighted by molar-refractivity contribution is -0.137. The summed E-state index contributed by atoms with van der Waals surface area (Å²) in [5.41, 5.74) is 0.371. The van der Waals surface area contributed by atoms with Gasteiger partial charge >= 0.3 is 0 Å². The van der Waals surface area contributed by atoms with Crippen LogP contribution in [0.4, 0.5) is 0 Å². The van der Waals surface area contributed by atoms with Gasteiger partial charge < -0.3 is 0 Å². The molecule has 0 aliphatic heterocycles. The highest BCUT2D eigenvalue weighted by molar-refractivity contribution is 5.86. The number of ketones is 1. The highest BCUT2D eigenvalue weighted by atomic mass is 16.1. The zero-order valence-corrected chi connectivity index (χ0v) is 8.86. The number of Topliss-reactive ketones (excluding diaryl/α,β-unsaturated/α-hetero) is 1. The van der Waals surface area contributed by atoms with E-state index in [1.54, 1.807) is 0 Å². The Labute approximate surface area is 80.9 Å². The quantitative estimate of drug-likeness (QED) is 0.559. The van der Waals surface area contributed by atoms with Gasteiger partial charge in [0.25, 0.3) is 0 Å². The van der Waals surface area contributed by atoms with Gasteiger partial charge in [0.15, 0.2) is 0 Å². The minimum Gasteiger partial charge on any atom is -0.299 e. The van der Waals surface area contributed by atoms with Crippen molar-refractivity contribution in [2.24, 2.45) is 10.8 Å². The topological polar surface area (TPSA) is 17.1 Å². The van der Waals surface area contributed by atoms with Gasteiger partial charge in [-0.2, -0.15) is 0 Å². The molecule has 0 amide bonds. The molecule has 2 aliphatic rings. The number of hydrogen-bond acceptors (Lipinski definition) is 1. The number of carbonyl (C=O) groups is 1. The maximum atomic E-state index is 12.0. The second-order valence-corrected chi connectivity index (χ2v) is 5.45. The van der Waals surface area contributed by atoms with Crippen LogP contribution >= 0.6 is 0 Å². The molecule has 0 aromatic carbocycles. The zero-order valence-electron chi connectivity index (χ0n) is 8.86. The van der Waals surface area contributed by atoms with Crippen molar-refractivity contribution in [3.05, 3.63) is 0 Å². The van der Waals surface area contributed by atoms with Gasteiger partial charge in [0.1, 0.15) is 5.78 Å². The summed E-state index contributed by atoms with van der Waals surface area (Å²) in [6.07, 6.45) is 8.10. The van der Waals surface area contributed by atoms with Gasteiger partial charge in [-0.05, 0) is 31.1 Å². The Balaban J connectivity index is 2.31. The van der Waals surface area contributed by atoms with Crippen molar-refractivity contribution in [2.45, 2.75) is 58.8 Å². The molecule has 0 saturated heterocycles. The SMILES string of the molecule is CC1(C)CCCC12CCCCC2=O. The van der Waals surface area contributed by atoms with Crippen LogP contribution < -0.4 is 0 Å². The lowest BCUT2D eigenvalue weighted by Crippen LogP contribution is -2.42. The normalized spacial score (nSPS) is 38.5. The zero-order chi connectivity index (χ0) is 9.53. The average Bonchev–Trinajstić information content (AvgIpc) is 2.35. The Morgan fingerprint density at radius 2 is 1.69 bits per heavy atom. The number of carbonyl (C=O) groups excluding carboxylic acids is 1. The second-order valence-electron chi connectivity index (χ2n) is 5.45. The molecule has 1 spiro atoms. The number of hydrogen-bond donors (Lipinski definition) is 0.